The van der Waals surface area contributed by atoms with Crippen molar-refractivity contribution in [3.8, 4) is 0 Å². The van der Waals surface area contributed by atoms with Crippen molar-refractivity contribution in [1.29, 1.82) is 0 Å². The Balaban J connectivity index is 1.75. The first-order valence-corrected chi connectivity index (χ1v) is 13.8. The first-order chi connectivity index (χ1) is 19.9. The van der Waals surface area contributed by atoms with Crippen molar-refractivity contribution in [2.24, 2.45) is 34.4 Å². The minimum atomic E-state index is -1.60. The van der Waals surface area contributed by atoms with Gasteiger partial charge in [0.1, 0.15) is 54.9 Å². The van der Waals surface area contributed by atoms with Crippen molar-refractivity contribution in [2.75, 3.05) is 32.9 Å². The van der Waals surface area contributed by atoms with Gasteiger partial charge >= 0.3 is 0 Å². The molecule has 2 saturated heterocycles. The number of rotatable bonds is 13. The largest absolute Gasteiger partial charge is 0.394 e. The Kier molecular flexibility index (Phi) is 13.6. The van der Waals surface area contributed by atoms with Crippen molar-refractivity contribution in [2.45, 2.75) is 110 Å². The van der Waals surface area contributed by atoms with Crippen LogP contribution in [0.3, 0.4) is 0 Å². The van der Waals surface area contributed by atoms with E-state index in [0.29, 0.717) is 0 Å². The SMILES string of the molecule is NCC1O[C@H](OCC(O)C(OCCO)OC2C(O)[C@H](N)CC(N)[C@H]2O[C@@H]2OC(CN)[C@@H](O)C(O)C2N)C(N)C(O)[C@@H]1O. The molecular weight excluding hydrogens is 568 g/mol. The van der Waals surface area contributed by atoms with E-state index in [-0.39, 0.29) is 26.1 Å². The number of nitrogens with two attached hydrogens (primary N) is 6. The second-order valence-electron chi connectivity index (χ2n) is 10.8. The fourth-order valence-corrected chi connectivity index (χ4v) is 5.16. The zero-order valence-electron chi connectivity index (χ0n) is 23.1. The molecule has 0 spiro atoms. The highest BCUT2D eigenvalue weighted by Crippen LogP contribution is 2.30. The van der Waals surface area contributed by atoms with E-state index in [1.807, 2.05) is 0 Å². The fraction of sp³-hybridized carbons (Fsp3) is 1.00. The van der Waals surface area contributed by atoms with Gasteiger partial charge in [-0.15, -0.1) is 0 Å². The summed E-state index contributed by atoms with van der Waals surface area (Å²) in [6, 6.07) is -4.15. The molecule has 248 valence electrons. The monoisotopic (exact) mass is 616 g/mol. The fourth-order valence-electron chi connectivity index (χ4n) is 5.16. The molecule has 2 heterocycles. The topological polar surface area (TPSA) is 353 Å². The van der Waals surface area contributed by atoms with Gasteiger partial charge in [0.2, 0.25) is 0 Å². The highest BCUT2D eigenvalue weighted by molar-refractivity contribution is 5.01. The number of aliphatic hydroxyl groups is 7. The molecule has 1 aliphatic carbocycles. The number of aliphatic hydroxyl groups excluding tert-OH is 7. The zero-order chi connectivity index (χ0) is 31.3. The molecule has 0 radical (unpaired) electrons. The van der Waals surface area contributed by atoms with Crippen LogP contribution in [0.15, 0.2) is 0 Å². The molecule has 2 aliphatic heterocycles. The molecule has 0 aromatic heterocycles. The molecule has 0 aromatic carbocycles. The Labute approximate surface area is 242 Å². The second-order valence-corrected chi connectivity index (χ2v) is 10.8. The summed E-state index contributed by atoms with van der Waals surface area (Å²) in [4.78, 5) is 0. The van der Waals surface area contributed by atoms with Crippen LogP contribution in [-0.2, 0) is 28.4 Å². The van der Waals surface area contributed by atoms with Crippen LogP contribution in [0.25, 0.3) is 0 Å². The van der Waals surface area contributed by atoms with E-state index in [9.17, 15) is 35.7 Å². The molecule has 19 nitrogen and oxygen atoms in total. The molecule has 3 rings (SSSR count). The summed E-state index contributed by atoms with van der Waals surface area (Å²) in [6.45, 7) is -1.60. The van der Waals surface area contributed by atoms with E-state index in [0.717, 1.165) is 0 Å². The van der Waals surface area contributed by atoms with E-state index >= 15 is 0 Å². The maximum Gasteiger partial charge on any atom is 0.186 e. The lowest BCUT2D eigenvalue weighted by atomic mass is 9.84. The van der Waals surface area contributed by atoms with Gasteiger partial charge in [0, 0.05) is 25.2 Å². The van der Waals surface area contributed by atoms with Crippen molar-refractivity contribution >= 4 is 0 Å². The summed E-state index contributed by atoms with van der Waals surface area (Å²) >= 11 is 0. The van der Waals surface area contributed by atoms with Gasteiger partial charge in [0.05, 0.1) is 38.0 Å². The number of hydrogen-bond donors (Lipinski definition) is 13. The maximum absolute atomic E-state index is 11.0. The minimum Gasteiger partial charge on any atom is -0.394 e. The van der Waals surface area contributed by atoms with Gasteiger partial charge < -0.3 is 98.6 Å². The predicted octanol–water partition coefficient (Wildman–Crippen LogP) is -8.65. The van der Waals surface area contributed by atoms with Crippen molar-refractivity contribution in [1.82, 2.24) is 0 Å². The normalized spacial score (nSPS) is 46.4. The van der Waals surface area contributed by atoms with Crippen LogP contribution >= 0.6 is 0 Å². The van der Waals surface area contributed by atoms with Crippen LogP contribution in [0.2, 0.25) is 0 Å². The van der Waals surface area contributed by atoms with Gasteiger partial charge in [-0.2, -0.15) is 0 Å². The van der Waals surface area contributed by atoms with Gasteiger partial charge in [-0.05, 0) is 6.42 Å². The summed E-state index contributed by atoms with van der Waals surface area (Å²) in [7, 11) is 0. The molecule has 3 aliphatic rings. The van der Waals surface area contributed by atoms with Gasteiger partial charge in [-0.1, -0.05) is 0 Å². The standard InChI is InChI=1S/C23H48N6O13/c24-4-10-15(33)17(35)12(28)22(39-10)38-6-9(31)21(37-2-1-30)42-20-14(32)7(26)3-8(27)19(20)41-23-13(29)18(36)16(34)11(5-25)40-23/h7-23,30-36H,1-6,24-29H2/t7-,8?,9?,10?,11?,12?,13?,14?,15-,16-,17?,18?,19-,20?,21?,22+,23+/m1/s1. The number of ether oxygens (including phenoxy) is 6. The molecule has 0 amide bonds. The summed E-state index contributed by atoms with van der Waals surface area (Å²) in [5, 5.41) is 72.0. The van der Waals surface area contributed by atoms with Crippen molar-refractivity contribution in [3.05, 3.63) is 0 Å². The lowest BCUT2D eigenvalue weighted by Crippen LogP contribution is -2.68. The Morgan fingerprint density at radius 2 is 1.29 bits per heavy atom. The van der Waals surface area contributed by atoms with Crippen LogP contribution in [0, 0.1) is 0 Å². The van der Waals surface area contributed by atoms with Gasteiger partial charge in [-0.3, -0.25) is 0 Å². The van der Waals surface area contributed by atoms with E-state index in [1.54, 1.807) is 0 Å². The molecule has 0 bridgehead atoms. The third kappa shape index (κ3) is 8.09. The highest BCUT2D eigenvalue weighted by atomic mass is 16.7. The quantitative estimate of drug-likeness (QED) is 0.0854. The summed E-state index contributed by atoms with van der Waals surface area (Å²) < 4.78 is 34.1. The molecule has 17 atom stereocenters. The predicted molar refractivity (Wildman–Crippen MR) is 141 cm³/mol. The first-order valence-electron chi connectivity index (χ1n) is 13.8. The average Bonchev–Trinajstić information content (AvgIpc) is 2.97. The van der Waals surface area contributed by atoms with Crippen molar-refractivity contribution < 1.29 is 64.2 Å². The average molecular weight is 617 g/mol. The lowest BCUT2D eigenvalue weighted by molar-refractivity contribution is -0.316. The Bertz CT molecular complexity index is 808. The van der Waals surface area contributed by atoms with E-state index in [4.69, 9.17) is 62.8 Å². The van der Waals surface area contributed by atoms with Crippen LogP contribution in [-0.4, -0.2) is 173 Å². The lowest BCUT2D eigenvalue weighted by Gasteiger charge is -2.47. The molecule has 19 heteroatoms. The third-order valence-corrected chi connectivity index (χ3v) is 7.73. The van der Waals surface area contributed by atoms with E-state index in [2.05, 4.69) is 0 Å². The van der Waals surface area contributed by atoms with Crippen LogP contribution in [0.1, 0.15) is 6.42 Å². The van der Waals surface area contributed by atoms with Gasteiger partial charge in [-0.25, -0.2) is 0 Å². The molecular formula is C23H48N6O13. The van der Waals surface area contributed by atoms with Crippen molar-refractivity contribution in [3.63, 3.8) is 0 Å². The molecule has 0 aromatic rings. The third-order valence-electron chi connectivity index (χ3n) is 7.73. The summed E-state index contributed by atoms with van der Waals surface area (Å²) in [5.74, 6) is 0. The Morgan fingerprint density at radius 3 is 1.83 bits per heavy atom. The highest BCUT2D eigenvalue weighted by Gasteiger charge is 2.50. The van der Waals surface area contributed by atoms with Gasteiger partial charge in [0.25, 0.3) is 0 Å². The van der Waals surface area contributed by atoms with Crippen LogP contribution in [0.5, 0.6) is 0 Å². The smallest absolute Gasteiger partial charge is 0.186 e. The van der Waals surface area contributed by atoms with E-state index < -0.39 is 117 Å². The Morgan fingerprint density at radius 1 is 0.738 bits per heavy atom. The van der Waals surface area contributed by atoms with Crippen LogP contribution < -0.4 is 34.4 Å². The zero-order valence-corrected chi connectivity index (χ0v) is 23.1. The summed E-state index contributed by atoms with van der Waals surface area (Å²) in [5.41, 5.74) is 35.5. The molecule has 19 N–H and O–H groups in total. The Hall–Kier alpha value is -0.760. The molecule has 11 unspecified atom stereocenters. The maximum atomic E-state index is 11.0. The second kappa shape index (κ2) is 16.0. The molecule has 1 saturated carbocycles. The molecule has 42 heavy (non-hydrogen) atoms. The molecule has 3 fully saturated rings. The van der Waals surface area contributed by atoms with Crippen LogP contribution in [0.4, 0.5) is 0 Å². The number of hydrogen-bond acceptors (Lipinski definition) is 19. The van der Waals surface area contributed by atoms with Gasteiger partial charge in [0.15, 0.2) is 18.9 Å². The first kappa shape index (κ1) is 35.7. The minimum absolute atomic E-state index is 0.0837. The van der Waals surface area contributed by atoms with E-state index in [1.165, 1.54) is 0 Å². The summed E-state index contributed by atoms with van der Waals surface area (Å²) in [6.07, 6.45) is -17.2.